The lowest BCUT2D eigenvalue weighted by Crippen LogP contribution is -2.38. The molecule has 0 saturated heterocycles. The normalized spacial score (nSPS) is 12.0. The summed E-state index contributed by atoms with van der Waals surface area (Å²) in [5, 5.41) is 7.72. The maximum Gasteiger partial charge on any atom is 0.253 e. The number of halogens is 3. The number of carbonyl (C=O) groups excluding carboxylic acids is 1. The Bertz CT molecular complexity index is 874. The molecule has 8 heteroatoms. The van der Waals surface area contributed by atoms with Gasteiger partial charge in [-0.3, -0.25) is 9.79 Å². The summed E-state index contributed by atoms with van der Waals surface area (Å²) in [6.07, 6.45) is 0.742. The molecule has 2 rings (SSSR count). The molecule has 1 atom stereocenters. The highest BCUT2D eigenvalue weighted by molar-refractivity contribution is 14.0. The second-order valence-electron chi connectivity index (χ2n) is 6.95. The van der Waals surface area contributed by atoms with Crippen LogP contribution >= 0.6 is 47.2 Å². The van der Waals surface area contributed by atoms with Gasteiger partial charge in [0.15, 0.2) is 5.96 Å². The van der Waals surface area contributed by atoms with E-state index < -0.39 is 0 Å². The van der Waals surface area contributed by atoms with Crippen molar-refractivity contribution in [2.24, 2.45) is 4.99 Å². The van der Waals surface area contributed by atoms with Crippen LogP contribution in [0.15, 0.2) is 47.5 Å². The monoisotopic (exact) mass is 562 g/mol. The summed E-state index contributed by atoms with van der Waals surface area (Å²) in [7, 11) is 3.51. The first-order valence-electron chi connectivity index (χ1n) is 9.62. The van der Waals surface area contributed by atoms with Crippen LogP contribution < -0.4 is 10.6 Å². The van der Waals surface area contributed by atoms with Crippen LogP contribution in [0, 0.1) is 0 Å². The standard InChI is InChI=1S/C22H28Cl2N4O.HI/c1-5-25-22(27-15(2)17-9-10-19(23)20(24)14-17)26-12-11-16-7-6-8-18(13-16)21(29)28(3)4;/h6-10,13-15H,5,11-12H2,1-4H3,(H2,25,26,27);1H. The quantitative estimate of drug-likeness (QED) is 0.278. The average Bonchev–Trinajstić information content (AvgIpc) is 2.69. The molecule has 0 radical (unpaired) electrons. The fourth-order valence-corrected chi connectivity index (χ4v) is 3.11. The molecule has 164 valence electrons. The van der Waals surface area contributed by atoms with E-state index in [-0.39, 0.29) is 35.9 Å². The van der Waals surface area contributed by atoms with E-state index in [0.717, 1.165) is 30.1 Å². The van der Waals surface area contributed by atoms with Crippen molar-refractivity contribution in [2.45, 2.75) is 26.3 Å². The van der Waals surface area contributed by atoms with Crippen LogP contribution in [-0.2, 0) is 6.42 Å². The van der Waals surface area contributed by atoms with Crippen molar-refractivity contribution in [3.05, 3.63) is 69.2 Å². The smallest absolute Gasteiger partial charge is 0.253 e. The van der Waals surface area contributed by atoms with Gasteiger partial charge < -0.3 is 15.5 Å². The Morgan fingerprint density at radius 1 is 1.13 bits per heavy atom. The highest BCUT2D eigenvalue weighted by atomic mass is 127. The van der Waals surface area contributed by atoms with Crippen molar-refractivity contribution in [2.75, 3.05) is 27.2 Å². The number of nitrogens with zero attached hydrogens (tertiary/aromatic N) is 2. The van der Waals surface area contributed by atoms with Crippen molar-refractivity contribution >= 4 is 59.0 Å². The fourth-order valence-electron chi connectivity index (χ4n) is 2.81. The first-order chi connectivity index (χ1) is 13.8. The number of hydrogen-bond donors (Lipinski definition) is 2. The van der Waals surface area contributed by atoms with Crippen molar-refractivity contribution in [3.63, 3.8) is 0 Å². The zero-order valence-electron chi connectivity index (χ0n) is 17.7. The van der Waals surface area contributed by atoms with Crippen LogP contribution in [0.3, 0.4) is 0 Å². The van der Waals surface area contributed by atoms with E-state index in [1.807, 2.05) is 50.2 Å². The van der Waals surface area contributed by atoms with Gasteiger partial charge in [0.05, 0.1) is 16.1 Å². The van der Waals surface area contributed by atoms with Crippen molar-refractivity contribution in [3.8, 4) is 0 Å². The molecule has 1 unspecified atom stereocenters. The summed E-state index contributed by atoms with van der Waals surface area (Å²) in [6.45, 7) is 5.43. The minimum atomic E-state index is 0. The topological polar surface area (TPSA) is 56.7 Å². The summed E-state index contributed by atoms with van der Waals surface area (Å²) in [4.78, 5) is 18.4. The van der Waals surface area contributed by atoms with Crippen LogP contribution in [0.4, 0.5) is 0 Å². The molecule has 30 heavy (non-hydrogen) atoms. The zero-order chi connectivity index (χ0) is 21.4. The molecule has 0 fully saturated rings. The molecular formula is C22H29Cl2IN4O. The molecular weight excluding hydrogens is 534 g/mol. The summed E-state index contributed by atoms with van der Waals surface area (Å²) in [5.41, 5.74) is 2.80. The maximum absolute atomic E-state index is 12.1. The number of nitrogens with one attached hydrogen (secondary N) is 2. The van der Waals surface area contributed by atoms with Gasteiger partial charge in [-0.15, -0.1) is 24.0 Å². The first kappa shape index (κ1) is 26.5. The van der Waals surface area contributed by atoms with Gasteiger partial charge in [0.25, 0.3) is 5.91 Å². The molecule has 0 aliphatic heterocycles. The van der Waals surface area contributed by atoms with E-state index >= 15 is 0 Å². The Labute approximate surface area is 206 Å². The SMILES string of the molecule is CCNC(=NCCc1cccc(C(=O)N(C)C)c1)NC(C)c1ccc(Cl)c(Cl)c1.I. The Morgan fingerprint density at radius 2 is 1.87 bits per heavy atom. The number of benzene rings is 2. The molecule has 0 saturated carbocycles. The summed E-state index contributed by atoms with van der Waals surface area (Å²) in [5.74, 6) is 0.729. The number of hydrogen-bond acceptors (Lipinski definition) is 2. The van der Waals surface area contributed by atoms with Gasteiger partial charge in [0, 0.05) is 32.7 Å². The third-order valence-electron chi connectivity index (χ3n) is 4.39. The van der Waals surface area contributed by atoms with Crippen LogP contribution in [-0.4, -0.2) is 44.0 Å². The molecule has 2 aromatic carbocycles. The first-order valence-corrected chi connectivity index (χ1v) is 10.4. The van der Waals surface area contributed by atoms with Gasteiger partial charge >= 0.3 is 0 Å². The molecule has 2 N–H and O–H groups in total. The lowest BCUT2D eigenvalue weighted by Gasteiger charge is -2.18. The highest BCUT2D eigenvalue weighted by Crippen LogP contribution is 2.25. The minimum Gasteiger partial charge on any atom is -0.357 e. The Balaban J connectivity index is 0.00000450. The molecule has 0 aliphatic rings. The summed E-state index contributed by atoms with van der Waals surface area (Å²) >= 11 is 12.1. The molecule has 1 amide bonds. The van der Waals surface area contributed by atoms with E-state index in [1.54, 1.807) is 25.1 Å². The maximum atomic E-state index is 12.1. The Kier molecular flexibility index (Phi) is 11.5. The highest BCUT2D eigenvalue weighted by Gasteiger charge is 2.10. The second kappa shape index (κ2) is 13.0. The molecule has 0 spiro atoms. The van der Waals surface area contributed by atoms with Gasteiger partial charge in [-0.25, -0.2) is 0 Å². The van der Waals surface area contributed by atoms with Crippen LogP contribution in [0.2, 0.25) is 10.0 Å². The van der Waals surface area contributed by atoms with Crippen molar-refractivity contribution in [1.82, 2.24) is 15.5 Å². The van der Waals surface area contributed by atoms with Gasteiger partial charge in [-0.2, -0.15) is 0 Å². The predicted molar refractivity (Wildman–Crippen MR) is 138 cm³/mol. The third kappa shape index (κ3) is 7.96. The number of guanidine groups is 1. The van der Waals surface area contributed by atoms with Gasteiger partial charge in [-0.1, -0.05) is 41.4 Å². The van der Waals surface area contributed by atoms with Crippen LogP contribution in [0.25, 0.3) is 0 Å². The summed E-state index contributed by atoms with van der Waals surface area (Å²) in [6, 6.07) is 13.3. The average molecular weight is 563 g/mol. The lowest BCUT2D eigenvalue weighted by molar-refractivity contribution is 0.0827. The van der Waals surface area contributed by atoms with Gasteiger partial charge in [0.2, 0.25) is 0 Å². The Hall–Kier alpha value is -1.51. The zero-order valence-corrected chi connectivity index (χ0v) is 21.5. The number of carbonyl (C=O) groups is 1. The van der Waals surface area contributed by atoms with Crippen LogP contribution in [0.1, 0.15) is 41.4 Å². The molecule has 0 heterocycles. The van der Waals surface area contributed by atoms with E-state index in [1.165, 1.54) is 0 Å². The second-order valence-corrected chi connectivity index (χ2v) is 7.76. The minimum absolute atomic E-state index is 0. The van der Waals surface area contributed by atoms with Crippen molar-refractivity contribution < 1.29 is 4.79 Å². The van der Waals surface area contributed by atoms with E-state index in [4.69, 9.17) is 23.2 Å². The van der Waals surface area contributed by atoms with E-state index in [2.05, 4.69) is 15.6 Å². The summed E-state index contributed by atoms with van der Waals surface area (Å²) < 4.78 is 0. The van der Waals surface area contributed by atoms with Gasteiger partial charge in [0.1, 0.15) is 0 Å². The molecule has 0 bridgehead atoms. The number of rotatable bonds is 7. The fraction of sp³-hybridized carbons (Fsp3) is 0.364. The predicted octanol–water partition coefficient (Wildman–Crippen LogP) is 5.17. The molecule has 0 aromatic heterocycles. The Morgan fingerprint density at radius 3 is 2.50 bits per heavy atom. The van der Waals surface area contributed by atoms with Crippen LogP contribution in [0.5, 0.6) is 0 Å². The van der Waals surface area contributed by atoms with Crippen molar-refractivity contribution in [1.29, 1.82) is 0 Å². The molecule has 5 nitrogen and oxygen atoms in total. The largest absolute Gasteiger partial charge is 0.357 e. The number of amides is 1. The molecule has 2 aromatic rings. The lowest BCUT2D eigenvalue weighted by atomic mass is 10.1. The van der Waals surface area contributed by atoms with Gasteiger partial charge in [-0.05, 0) is 55.7 Å². The van der Waals surface area contributed by atoms with E-state index in [0.29, 0.717) is 22.2 Å². The van der Waals surface area contributed by atoms with E-state index in [9.17, 15) is 4.79 Å². The third-order valence-corrected chi connectivity index (χ3v) is 5.13. The molecule has 0 aliphatic carbocycles. The number of aliphatic imine (C=N–C) groups is 1.